The molecule has 1 aliphatic rings. The average molecular weight is 299 g/mol. The second kappa shape index (κ2) is 9.33. The van der Waals surface area contributed by atoms with E-state index in [9.17, 15) is 19.6 Å². The van der Waals surface area contributed by atoms with E-state index in [1.807, 2.05) is 6.92 Å². The Balaban J connectivity index is 2.60. The van der Waals surface area contributed by atoms with Crippen LogP contribution in [0.2, 0.25) is 0 Å². The van der Waals surface area contributed by atoms with E-state index in [1.165, 1.54) is 0 Å². The van der Waals surface area contributed by atoms with Gasteiger partial charge in [0.05, 0.1) is 12.5 Å². The summed E-state index contributed by atoms with van der Waals surface area (Å²) in [5.41, 5.74) is 0. The van der Waals surface area contributed by atoms with Crippen LogP contribution in [-0.2, 0) is 14.4 Å². The van der Waals surface area contributed by atoms with E-state index >= 15 is 0 Å². The van der Waals surface area contributed by atoms with Crippen LogP contribution >= 0.6 is 0 Å². The van der Waals surface area contributed by atoms with E-state index < -0.39 is 12.0 Å². The van der Waals surface area contributed by atoms with Gasteiger partial charge in [0.25, 0.3) is 0 Å². The average Bonchev–Trinajstić information content (AvgIpc) is 2.68. The standard InChI is InChI=1S/C14H25N3O4/c1-2-3-6-11(9-17(21)10-18)13(19)16-12-7-4-5-8-15-14(12)20/h10-12,21H,2-9H2,1H3,(H,15,20)(H,16,19)/t11-,12-/m0/s1. The van der Waals surface area contributed by atoms with Gasteiger partial charge in [-0.1, -0.05) is 19.8 Å². The molecule has 7 heteroatoms. The number of nitrogens with one attached hydrogen (secondary N) is 2. The van der Waals surface area contributed by atoms with Gasteiger partial charge < -0.3 is 10.6 Å². The first-order chi connectivity index (χ1) is 10.1. The molecule has 120 valence electrons. The monoisotopic (exact) mass is 299 g/mol. The number of unbranched alkanes of at least 4 members (excludes halogenated alkanes) is 1. The Hall–Kier alpha value is -1.63. The third-order valence-corrected chi connectivity index (χ3v) is 3.66. The van der Waals surface area contributed by atoms with Gasteiger partial charge in [-0.05, 0) is 25.7 Å². The van der Waals surface area contributed by atoms with Crippen molar-refractivity contribution in [2.24, 2.45) is 5.92 Å². The normalized spacial score (nSPS) is 20.1. The zero-order valence-electron chi connectivity index (χ0n) is 12.5. The molecule has 2 atom stereocenters. The lowest BCUT2D eigenvalue weighted by molar-refractivity contribution is -0.155. The Labute approximate surface area is 125 Å². The molecule has 1 saturated heterocycles. The first kappa shape index (κ1) is 17.4. The summed E-state index contributed by atoms with van der Waals surface area (Å²) in [6, 6.07) is -0.521. The highest BCUT2D eigenvalue weighted by molar-refractivity contribution is 5.88. The third-order valence-electron chi connectivity index (χ3n) is 3.66. The molecule has 0 saturated carbocycles. The van der Waals surface area contributed by atoms with Gasteiger partial charge in [-0.15, -0.1) is 0 Å². The minimum absolute atomic E-state index is 0.0519. The lowest BCUT2D eigenvalue weighted by Gasteiger charge is -2.22. The molecule has 0 aromatic heterocycles. The van der Waals surface area contributed by atoms with Gasteiger partial charge in [-0.25, -0.2) is 5.06 Å². The predicted molar refractivity (Wildman–Crippen MR) is 76.4 cm³/mol. The van der Waals surface area contributed by atoms with Crippen molar-refractivity contribution in [3.63, 3.8) is 0 Å². The molecule has 0 spiro atoms. The molecule has 1 heterocycles. The highest BCUT2D eigenvalue weighted by Crippen LogP contribution is 2.12. The maximum Gasteiger partial charge on any atom is 0.242 e. The third kappa shape index (κ3) is 6.12. The van der Waals surface area contributed by atoms with E-state index in [1.54, 1.807) is 0 Å². The summed E-state index contributed by atoms with van der Waals surface area (Å²) < 4.78 is 0. The maximum atomic E-state index is 12.3. The minimum atomic E-state index is -0.521. The van der Waals surface area contributed by atoms with E-state index in [4.69, 9.17) is 0 Å². The van der Waals surface area contributed by atoms with Gasteiger partial charge in [0.1, 0.15) is 6.04 Å². The molecule has 0 unspecified atom stereocenters. The van der Waals surface area contributed by atoms with Crippen LogP contribution in [-0.4, -0.2) is 47.6 Å². The quantitative estimate of drug-likeness (QED) is 0.344. The fraction of sp³-hybridized carbons (Fsp3) is 0.786. The number of amides is 3. The van der Waals surface area contributed by atoms with Crippen LogP contribution in [0.3, 0.4) is 0 Å². The molecule has 1 rings (SSSR count). The number of hydrogen-bond donors (Lipinski definition) is 3. The smallest absolute Gasteiger partial charge is 0.242 e. The van der Waals surface area contributed by atoms with Gasteiger partial charge in [-0.3, -0.25) is 19.6 Å². The SMILES string of the molecule is CCCC[C@@H](CN(O)C=O)C(=O)N[C@H]1CCCCNC1=O. The van der Waals surface area contributed by atoms with Crippen LogP contribution in [0.1, 0.15) is 45.4 Å². The van der Waals surface area contributed by atoms with Crippen LogP contribution in [0.5, 0.6) is 0 Å². The van der Waals surface area contributed by atoms with Crippen molar-refractivity contribution < 1.29 is 19.6 Å². The number of rotatable bonds is 8. The van der Waals surface area contributed by atoms with Gasteiger partial charge in [0, 0.05) is 6.54 Å². The molecule has 21 heavy (non-hydrogen) atoms. The summed E-state index contributed by atoms with van der Waals surface area (Å²) in [7, 11) is 0. The van der Waals surface area contributed by atoms with Crippen LogP contribution in [0.15, 0.2) is 0 Å². The van der Waals surface area contributed by atoms with Crippen molar-refractivity contribution in [1.29, 1.82) is 0 Å². The maximum absolute atomic E-state index is 12.3. The molecule has 3 amide bonds. The molecular formula is C14H25N3O4. The second-order valence-corrected chi connectivity index (χ2v) is 5.41. The Morgan fingerprint density at radius 1 is 1.57 bits per heavy atom. The van der Waals surface area contributed by atoms with Gasteiger partial charge in [-0.2, -0.15) is 0 Å². The highest BCUT2D eigenvalue weighted by atomic mass is 16.5. The molecule has 1 aliphatic heterocycles. The molecule has 7 nitrogen and oxygen atoms in total. The summed E-state index contributed by atoms with van der Waals surface area (Å²) in [6.45, 7) is 2.59. The molecule has 0 aromatic carbocycles. The molecular weight excluding hydrogens is 274 g/mol. The lowest BCUT2D eigenvalue weighted by Crippen LogP contribution is -2.48. The number of carbonyl (C=O) groups is 3. The molecule has 0 radical (unpaired) electrons. The molecule has 3 N–H and O–H groups in total. The zero-order valence-corrected chi connectivity index (χ0v) is 12.5. The van der Waals surface area contributed by atoms with E-state index in [2.05, 4.69) is 10.6 Å². The van der Waals surface area contributed by atoms with Crippen molar-refractivity contribution >= 4 is 18.2 Å². The summed E-state index contributed by atoms with van der Waals surface area (Å²) in [4.78, 5) is 34.6. The Kier molecular flexibility index (Phi) is 7.74. The molecule has 0 aromatic rings. The van der Waals surface area contributed by atoms with Crippen molar-refractivity contribution in [3.8, 4) is 0 Å². The zero-order chi connectivity index (χ0) is 15.7. The van der Waals surface area contributed by atoms with E-state index in [0.29, 0.717) is 24.4 Å². The summed E-state index contributed by atoms with van der Waals surface area (Å²) in [5.74, 6) is -0.950. The number of hydrogen-bond acceptors (Lipinski definition) is 4. The Morgan fingerprint density at radius 3 is 3.00 bits per heavy atom. The fourth-order valence-electron chi connectivity index (χ4n) is 2.39. The summed E-state index contributed by atoms with van der Waals surface area (Å²) in [6.07, 6.45) is 5.00. The molecule has 1 fully saturated rings. The number of carbonyl (C=O) groups excluding carboxylic acids is 3. The lowest BCUT2D eigenvalue weighted by atomic mass is 10.00. The highest BCUT2D eigenvalue weighted by Gasteiger charge is 2.27. The van der Waals surface area contributed by atoms with E-state index in [0.717, 1.165) is 25.7 Å². The summed E-state index contributed by atoms with van der Waals surface area (Å²) >= 11 is 0. The molecule has 0 aliphatic carbocycles. The van der Waals surface area contributed by atoms with Gasteiger partial charge in [0.15, 0.2) is 0 Å². The van der Waals surface area contributed by atoms with Crippen LogP contribution in [0.25, 0.3) is 0 Å². The second-order valence-electron chi connectivity index (χ2n) is 5.41. The summed E-state index contributed by atoms with van der Waals surface area (Å²) in [5, 5.41) is 15.3. The van der Waals surface area contributed by atoms with Crippen LogP contribution in [0.4, 0.5) is 0 Å². The van der Waals surface area contributed by atoms with Gasteiger partial charge in [0.2, 0.25) is 18.2 Å². The first-order valence-electron chi connectivity index (χ1n) is 7.57. The molecule has 0 bridgehead atoms. The minimum Gasteiger partial charge on any atom is -0.354 e. The number of hydroxylamine groups is 2. The first-order valence-corrected chi connectivity index (χ1v) is 7.57. The van der Waals surface area contributed by atoms with Crippen LogP contribution in [0, 0.1) is 5.92 Å². The Bertz CT molecular complexity index is 362. The van der Waals surface area contributed by atoms with Crippen molar-refractivity contribution in [2.75, 3.05) is 13.1 Å². The predicted octanol–water partition coefficient (Wildman–Crippen LogP) is 0.425. The van der Waals surface area contributed by atoms with Crippen molar-refractivity contribution in [1.82, 2.24) is 15.7 Å². The number of nitrogens with zero attached hydrogens (tertiary/aromatic N) is 1. The van der Waals surface area contributed by atoms with E-state index in [-0.39, 0.29) is 24.8 Å². The fourth-order valence-corrected chi connectivity index (χ4v) is 2.39. The van der Waals surface area contributed by atoms with Gasteiger partial charge >= 0.3 is 0 Å². The van der Waals surface area contributed by atoms with Crippen molar-refractivity contribution in [3.05, 3.63) is 0 Å². The van der Waals surface area contributed by atoms with Crippen molar-refractivity contribution in [2.45, 2.75) is 51.5 Å². The topological polar surface area (TPSA) is 98.7 Å². The Morgan fingerprint density at radius 2 is 2.33 bits per heavy atom. The van der Waals surface area contributed by atoms with Crippen LogP contribution < -0.4 is 10.6 Å². The largest absolute Gasteiger partial charge is 0.354 e.